The van der Waals surface area contributed by atoms with Gasteiger partial charge in [-0.05, 0) is 31.5 Å². The summed E-state index contributed by atoms with van der Waals surface area (Å²) >= 11 is 0. The van der Waals surface area contributed by atoms with E-state index < -0.39 is 6.04 Å². The number of rotatable bonds is 9. The molecule has 6 nitrogen and oxygen atoms in total. The molecule has 0 spiro atoms. The maximum absolute atomic E-state index is 12.5. The van der Waals surface area contributed by atoms with E-state index in [0.29, 0.717) is 17.9 Å². The van der Waals surface area contributed by atoms with Gasteiger partial charge in [0.1, 0.15) is 11.8 Å². The minimum atomic E-state index is -0.601. The van der Waals surface area contributed by atoms with Crippen LogP contribution in [0.3, 0.4) is 0 Å². The van der Waals surface area contributed by atoms with E-state index in [9.17, 15) is 9.59 Å². The van der Waals surface area contributed by atoms with Crippen molar-refractivity contribution in [1.29, 1.82) is 0 Å². The van der Waals surface area contributed by atoms with Crippen molar-refractivity contribution in [3.05, 3.63) is 29.8 Å². The molecule has 6 heteroatoms. The number of methoxy groups -OCH3 is 1. The van der Waals surface area contributed by atoms with Gasteiger partial charge >= 0.3 is 0 Å². The molecule has 24 heavy (non-hydrogen) atoms. The van der Waals surface area contributed by atoms with Gasteiger partial charge in [0.15, 0.2) is 0 Å². The zero-order chi connectivity index (χ0) is 18.1. The van der Waals surface area contributed by atoms with Gasteiger partial charge in [-0.1, -0.05) is 32.9 Å². The van der Waals surface area contributed by atoms with Crippen molar-refractivity contribution < 1.29 is 14.3 Å². The summed E-state index contributed by atoms with van der Waals surface area (Å²) in [5.74, 6) is -0.0455. The highest BCUT2D eigenvalue weighted by Gasteiger charge is 2.25. The summed E-state index contributed by atoms with van der Waals surface area (Å²) in [5, 5.41) is 8.93. The van der Waals surface area contributed by atoms with Crippen LogP contribution in [0.25, 0.3) is 0 Å². The largest absolute Gasteiger partial charge is 0.496 e. The van der Waals surface area contributed by atoms with Crippen LogP contribution in [-0.2, 0) is 4.79 Å². The third kappa shape index (κ3) is 5.85. The molecular weight excluding hydrogens is 306 g/mol. The molecule has 134 valence electrons. The van der Waals surface area contributed by atoms with E-state index in [-0.39, 0.29) is 23.8 Å². The Kier molecular flexibility index (Phi) is 8.26. The normalized spacial score (nSPS) is 13.2. The molecule has 0 saturated carbocycles. The molecule has 0 aliphatic carbocycles. The fourth-order valence-electron chi connectivity index (χ4n) is 2.37. The lowest BCUT2D eigenvalue weighted by atomic mass is 10.0. The van der Waals surface area contributed by atoms with Crippen molar-refractivity contribution >= 4 is 11.8 Å². The zero-order valence-electron chi connectivity index (χ0n) is 15.2. The average Bonchev–Trinajstić information content (AvgIpc) is 2.57. The number of ether oxygens (including phenoxy) is 1. The van der Waals surface area contributed by atoms with Crippen LogP contribution in [0.5, 0.6) is 5.75 Å². The maximum Gasteiger partial charge on any atom is 0.255 e. The second-order valence-corrected chi connectivity index (χ2v) is 6.10. The van der Waals surface area contributed by atoms with Gasteiger partial charge in [0.2, 0.25) is 5.91 Å². The number of hydrogen-bond acceptors (Lipinski definition) is 4. The quantitative estimate of drug-likeness (QED) is 0.640. The Morgan fingerprint density at radius 1 is 1.17 bits per heavy atom. The minimum Gasteiger partial charge on any atom is -0.496 e. The van der Waals surface area contributed by atoms with Crippen molar-refractivity contribution in [3.63, 3.8) is 0 Å². The fraction of sp³-hybridized carbons (Fsp3) is 0.556. The van der Waals surface area contributed by atoms with Crippen molar-refractivity contribution in [2.45, 2.75) is 39.8 Å². The second kappa shape index (κ2) is 9.93. The molecular formula is C18H29N3O3. The van der Waals surface area contributed by atoms with Crippen LogP contribution in [-0.4, -0.2) is 44.1 Å². The lowest BCUT2D eigenvalue weighted by Gasteiger charge is -2.23. The van der Waals surface area contributed by atoms with Crippen LogP contribution < -0.4 is 20.7 Å². The molecule has 0 bridgehead atoms. The van der Waals surface area contributed by atoms with E-state index in [1.807, 2.05) is 27.7 Å². The van der Waals surface area contributed by atoms with Crippen molar-refractivity contribution in [3.8, 4) is 5.75 Å². The molecule has 0 fully saturated rings. The van der Waals surface area contributed by atoms with Crippen molar-refractivity contribution in [2.75, 3.05) is 20.2 Å². The van der Waals surface area contributed by atoms with Crippen molar-refractivity contribution in [1.82, 2.24) is 16.0 Å². The first-order chi connectivity index (χ1) is 11.4. The predicted molar refractivity (Wildman–Crippen MR) is 95.2 cm³/mol. The predicted octanol–water partition coefficient (Wildman–Crippen LogP) is 1.56. The van der Waals surface area contributed by atoms with E-state index in [1.165, 1.54) is 7.11 Å². The van der Waals surface area contributed by atoms with Crippen LogP contribution in [0.15, 0.2) is 24.3 Å². The zero-order valence-corrected chi connectivity index (χ0v) is 15.2. The third-order valence-corrected chi connectivity index (χ3v) is 3.72. The number of hydrogen-bond donors (Lipinski definition) is 3. The SMILES string of the molecule is CCN[C@H](C)CNC(=O)C(NC(=O)c1ccccc1OC)C(C)C. The van der Waals surface area contributed by atoms with E-state index in [0.717, 1.165) is 6.54 Å². The third-order valence-electron chi connectivity index (χ3n) is 3.72. The molecule has 0 radical (unpaired) electrons. The first kappa shape index (κ1) is 20.0. The van der Waals surface area contributed by atoms with Gasteiger partial charge < -0.3 is 20.7 Å². The van der Waals surface area contributed by atoms with Gasteiger partial charge in [0, 0.05) is 12.6 Å². The van der Waals surface area contributed by atoms with Gasteiger partial charge in [-0.15, -0.1) is 0 Å². The summed E-state index contributed by atoms with van der Waals surface area (Å²) < 4.78 is 5.21. The van der Waals surface area contributed by atoms with E-state index in [2.05, 4.69) is 16.0 Å². The summed E-state index contributed by atoms with van der Waals surface area (Å²) in [4.78, 5) is 24.9. The number of carbonyl (C=O) groups is 2. The van der Waals surface area contributed by atoms with Crippen LogP contribution >= 0.6 is 0 Å². The molecule has 1 aromatic carbocycles. The van der Waals surface area contributed by atoms with Crippen LogP contribution in [0, 0.1) is 5.92 Å². The van der Waals surface area contributed by atoms with Gasteiger partial charge in [-0.3, -0.25) is 9.59 Å². The van der Waals surface area contributed by atoms with Gasteiger partial charge in [-0.25, -0.2) is 0 Å². The summed E-state index contributed by atoms with van der Waals surface area (Å²) in [7, 11) is 1.51. The minimum absolute atomic E-state index is 0.0295. The molecule has 2 amide bonds. The molecule has 0 aromatic heterocycles. The lowest BCUT2D eigenvalue weighted by molar-refractivity contribution is -0.124. The molecule has 0 saturated heterocycles. The Balaban J connectivity index is 2.75. The molecule has 0 aliphatic rings. The average molecular weight is 335 g/mol. The Morgan fingerprint density at radius 2 is 1.83 bits per heavy atom. The summed E-state index contributed by atoms with van der Waals surface area (Å²) in [6, 6.07) is 6.53. The van der Waals surface area contributed by atoms with Crippen molar-refractivity contribution in [2.24, 2.45) is 5.92 Å². The van der Waals surface area contributed by atoms with Crippen LogP contribution in [0.2, 0.25) is 0 Å². The number of nitrogens with one attached hydrogen (secondary N) is 3. The smallest absolute Gasteiger partial charge is 0.255 e. The highest BCUT2D eigenvalue weighted by atomic mass is 16.5. The standard InChI is InChI=1S/C18H29N3O3/c1-6-19-13(4)11-20-18(23)16(12(2)3)21-17(22)14-9-7-8-10-15(14)24-5/h7-10,12-13,16,19H,6,11H2,1-5H3,(H,20,23)(H,21,22)/t13-,16?/m1/s1. The Labute approximate surface area is 144 Å². The monoisotopic (exact) mass is 335 g/mol. The summed E-state index contributed by atoms with van der Waals surface area (Å²) in [5.41, 5.74) is 0.416. The highest BCUT2D eigenvalue weighted by molar-refractivity contribution is 5.99. The van der Waals surface area contributed by atoms with Crippen LogP contribution in [0.4, 0.5) is 0 Å². The van der Waals surface area contributed by atoms with Crippen LogP contribution in [0.1, 0.15) is 38.1 Å². The topological polar surface area (TPSA) is 79.5 Å². The maximum atomic E-state index is 12.5. The Bertz CT molecular complexity index is 546. The molecule has 3 N–H and O–H groups in total. The van der Waals surface area contributed by atoms with E-state index >= 15 is 0 Å². The van der Waals surface area contributed by atoms with Gasteiger partial charge in [-0.2, -0.15) is 0 Å². The number of para-hydroxylation sites is 1. The number of likely N-dealkylation sites (N-methyl/N-ethyl adjacent to an activating group) is 1. The first-order valence-electron chi connectivity index (χ1n) is 8.35. The van der Waals surface area contributed by atoms with Gasteiger partial charge in [0.05, 0.1) is 12.7 Å². The van der Waals surface area contributed by atoms with Gasteiger partial charge in [0.25, 0.3) is 5.91 Å². The lowest BCUT2D eigenvalue weighted by Crippen LogP contribution is -2.51. The van der Waals surface area contributed by atoms with E-state index in [1.54, 1.807) is 24.3 Å². The Morgan fingerprint density at radius 3 is 2.42 bits per heavy atom. The molecule has 0 heterocycles. The molecule has 1 aromatic rings. The molecule has 1 unspecified atom stereocenters. The highest BCUT2D eigenvalue weighted by Crippen LogP contribution is 2.17. The molecule has 2 atom stereocenters. The van der Waals surface area contributed by atoms with E-state index in [4.69, 9.17) is 4.74 Å². The summed E-state index contributed by atoms with van der Waals surface area (Å²) in [6.45, 7) is 9.18. The molecule has 1 rings (SSSR count). The fourth-order valence-corrected chi connectivity index (χ4v) is 2.37. The Hall–Kier alpha value is -2.08. The first-order valence-corrected chi connectivity index (χ1v) is 8.35. The number of amides is 2. The summed E-state index contributed by atoms with van der Waals surface area (Å²) in [6.07, 6.45) is 0. The number of carbonyl (C=O) groups excluding carboxylic acids is 2. The number of benzene rings is 1. The molecule has 0 aliphatic heterocycles. The second-order valence-electron chi connectivity index (χ2n) is 6.10.